The first-order valence-electron chi connectivity index (χ1n) is 5.44. The molecule has 1 aromatic heterocycles. The van der Waals surface area contributed by atoms with Crippen LogP contribution in [-0.2, 0) is 16.0 Å². The van der Waals surface area contributed by atoms with E-state index in [9.17, 15) is 4.79 Å². The quantitative estimate of drug-likeness (QED) is 0.635. The number of aromatic nitrogens is 3. The molecule has 1 aromatic rings. The van der Waals surface area contributed by atoms with Crippen LogP contribution < -0.4 is 0 Å². The molecule has 0 aliphatic rings. The van der Waals surface area contributed by atoms with Gasteiger partial charge in [0.05, 0.1) is 6.61 Å². The number of rotatable bonds is 5. The van der Waals surface area contributed by atoms with Crippen molar-refractivity contribution in [3.05, 3.63) is 10.6 Å². The number of aromatic amines is 1. The van der Waals surface area contributed by atoms with E-state index in [4.69, 9.17) is 17.0 Å². The highest BCUT2D eigenvalue weighted by Crippen LogP contribution is 2.12. The molecule has 5 nitrogen and oxygen atoms in total. The lowest BCUT2D eigenvalue weighted by Gasteiger charge is -2.13. The van der Waals surface area contributed by atoms with Gasteiger partial charge < -0.3 is 4.74 Å². The van der Waals surface area contributed by atoms with E-state index in [-0.39, 0.29) is 5.97 Å². The molecule has 1 heterocycles. The molecule has 0 bridgehead atoms. The zero-order chi connectivity index (χ0) is 12.1. The minimum atomic E-state index is -0.423. The Bertz CT molecular complexity index is 410. The summed E-state index contributed by atoms with van der Waals surface area (Å²) in [7, 11) is 0. The maximum atomic E-state index is 11.6. The molecule has 1 atom stereocenters. The Morgan fingerprint density at radius 1 is 1.62 bits per heavy atom. The van der Waals surface area contributed by atoms with E-state index in [1.54, 1.807) is 18.4 Å². The van der Waals surface area contributed by atoms with Gasteiger partial charge in [0.25, 0.3) is 0 Å². The first kappa shape index (κ1) is 12.9. The molecule has 6 heteroatoms. The predicted molar refractivity (Wildman–Crippen MR) is 62.8 cm³/mol. The summed E-state index contributed by atoms with van der Waals surface area (Å²) in [6.45, 7) is 5.98. The average molecular weight is 243 g/mol. The second kappa shape index (κ2) is 5.79. The molecule has 0 radical (unpaired) electrons. The third-order valence-electron chi connectivity index (χ3n) is 2.27. The van der Waals surface area contributed by atoms with E-state index >= 15 is 0 Å². The SMILES string of the molecule is CCCc1n[nH]c(=S)n1C(C)C(=O)OCC. The molecule has 0 saturated carbocycles. The van der Waals surface area contributed by atoms with Crippen molar-refractivity contribution in [1.82, 2.24) is 14.8 Å². The number of nitrogens with one attached hydrogen (secondary N) is 1. The fourth-order valence-electron chi connectivity index (χ4n) is 1.50. The molecule has 16 heavy (non-hydrogen) atoms. The van der Waals surface area contributed by atoms with Crippen LogP contribution >= 0.6 is 12.2 Å². The third kappa shape index (κ3) is 2.69. The maximum Gasteiger partial charge on any atom is 0.328 e. The highest BCUT2D eigenvalue weighted by Gasteiger charge is 2.20. The second-order valence-corrected chi connectivity index (χ2v) is 3.88. The fourth-order valence-corrected chi connectivity index (χ4v) is 1.81. The van der Waals surface area contributed by atoms with Crippen LogP contribution in [0.15, 0.2) is 0 Å². The minimum absolute atomic E-state index is 0.280. The van der Waals surface area contributed by atoms with Crippen LogP contribution in [0.4, 0.5) is 0 Å². The largest absolute Gasteiger partial charge is 0.464 e. The summed E-state index contributed by atoms with van der Waals surface area (Å²) in [6, 6.07) is -0.423. The van der Waals surface area contributed by atoms with Gasteiger partial charge in [-0.15, -0.1) is 0 Å². The monoisotopic (exact) mass is 243 g/mol. The van der Waals surface area contributed by atoms with Gasteiger partial charge >= 0.3 is 5.97 Å². The molecule has 1 unspecified atom stereocenters. The molecule has 0 aliphatic carbocycles. The molecule has 0 amide bonds. The molecule has 0 spiro atoms. The van der Waals surface area contributed by atoms with Crippen LogP contribution in [0.5, 0.6) is 0 Å². The number of carbonyl (C=O) groups excluding carboxylic acids is 1. The van der Waals surface area contributed by atoms with Gasteiger partial charge in [0.1, 0.15) is 11.9 Å². The van der Waals surface area contributed by atoms with Crippen molar-refractivity contribution in [3.8, 4) is 0 Å². The molecular weight excluding hydrogens is 226 g/mol. The summed E-state index contributed by atoms with van der Waals surface area (Å²) < 4.78 is 7.15. The normalized spacial score (nSPS) is 12.4. The van der Waals surface area contributed by atoms with E-state index < -0.39 is 6.04 Å². The number of ether oxygens (including phenoxy) is 1. The Balaban J connectivity index is 2.97. The van der Waals surface area contributed by atoms with Crippen molar-refractivity contribution in [2.24, 2.45) is 0 Å². The van der Waals surface area contributed by atoms with Crippen molar-refractivity contribution in [1.29, 1.82) is 0 Å². The number of carbonyl (C=O) groups is 1. The van der Waals surface area contributed by atoms with Gasteiger partial charge in [0.2, 0.25) is 0 Å². The van der Waals surface area contributed by atoms with Crippen LogP contribution in [0.1, 0.15) is 39.1 Å². The predicted octanol–water partition coefficient (Wildman–Crippen LogP) is 2.02. The van der Waals surface area contributed by atoms with E-state index in [1.165, 1.54) is 0 Å². The van der Waals surface area contributed by atoms with Crippen LogP contribution in [0, 0.1) is 4.77 Å². The summed E-state index contributed by atoms with van der Waals surface area (Å²) >= 11 is 5.10. The van der Waals surface area contributed by atoms with Crippen LogP contribution in [0.2, 0.25) is 0 Å². The standard InChI is InChI=1S/C10H17N3O2S/c1-4-6-8-11-12-10(16)13(8)7(3)9(14)15-5-2/h7H,4-6H2,1-3H3,(H,12,16). The number of aryl methyl sites for hydroxylation is 1. The Morgan fingerprint density at radius 3 is 2.88 bits per heavy atom. The summed E-state index contributed by atoms with van der Waals surface area (Å²) in [5.41, 5.74) is 0. The zero-order valence-corrected chi connectivity index (χ0v) is 10.6. The second-order valence-electron chi connectivity index (χ2n) is 3.49. The van der Waals surface area contributed by atoms with Crippen molar-refractivity contribution < 1.29 is 9.53 Å². The van der Waals surface area contributed by atoms with Gasteiger partial charge in [0, 0.05) is 6.42 Å². The first-order chi connectivity index (χ1) is 7.61. The molecule has 0 aliphatic heterocycles. The molecule has 0 saturated heterocycles. The lowest BCUT2D eigenvalue weighted by atomic mass is 10.3. The van der Waals surface area contributed by atoms with Crippen molar-refractivity contribution in [2.45, 2.75) is 39.7 Å². The Kier molecular flexibility index (Phi) is 4.67. The van der Waals surface area contributed by atoms with Crippen LogP contribution in [0.25, 0.3) is 0 Å². The topological polar surface area (TPSA) is 59.9 Å². The number of esters is 1. The van der Waals surface area contributed by atoms with E-state index in [0.717, 1.165) is 18.7 Å². The van der Waals surface area contributed by atoms with Crippen LogP contribution in [-0.4, -0.2) is 27.3 Å². The third-order valence-corrected chi connectivity index (χ3v) is 2.55. The molecule has 90 valence electrons. The number of H-pyrrole nitrogens is 1. The van der Waals surface area contributed by atoms with Gasteiger partial charge in [-0.3, -0.25) is 9.67 Å². The van der Waals surface area contributed by atoms with Gasteiger partial charge in [-0.05, 0) is 32.5 Å². The number of nitrogens with zero attached hydrogens (tertiary/aromatic N) is 2. The smallest absolute Gasteiger partial charge is 0.328 e. The molecule has 1 rings (SSSR count). The summed E-state index contributed by atoms with van der Waals surface area (Å²) in [4.78, 5) is 11.6. The van der Waals surface area contributed by atoms with Crippen molar-refractivity contribution in [2.75, 3.05) is 6.61 Å². The lowest BCUT2D eigenvalue weighted by molar-refractivity contribution is -0.146. The fraction of sp³-hybridized carbons (Fsp3) is 0.700. The Hall–Kier alpha value is -1.17. The summed E-state index contributed by atoms with van der Waals surface area (Å²) in [6.07, 6.45) is 1.74. The Morgan fingerprint density at radius 2 is 2.31 bits per heavy atom. The summed E-state index contributed by atoms with van der Waals surface area (Å²) in [5.74, 6) is 0.519. The molecule has 0 fully saturated rings. The Labute approximate surface area is 99.8 Å². The van der Waals surface area contributed by atoms with E-state index in [1.807, 2.05) is 0 Å². The van der Waals surface area contributed by atoms with Gasteiger partial charge in [0.15, 0.2) is 4.77 Å². The maximum absolute atomic E-state index is 11.6. The van der Waals surface area contributed by atoms with Crippen LogP contribution in [0.3, 0.4) is 0 Å². The lowest BCUT2D eigenvalue weighted by Crippen LogP contribution is -2.21. The van der Waals surface area contributed by atoms with E-state index in [2.05, 4.69) is 17.1 Å². The zero-order valence-electron chi connectivity index (χ0n) is 9.82. The van der Waals surface area contributed by atoms with Gasteiger partial charge in [-0.2, -0.15) is 5.10 Å². The van der Waals surface area contributed by atoms with Crippen molar-refractivity contribution >= 4 is 18.2 Å². The van der Waals surface area contributed by atoms with E-state index in [0.29, 0.717) is 11.4 Å². The number of hydrogen-bond donors (Lipinski definition) is 1. The molecule has 0 aromatic carbocycles. The molecular formula is C10H17N3O2S. The average Bonchev–Trinajstić information content (AvgIpc) is 2.60. The van der Waals surface area contributed by atoms with Gasteiger partial charge in [-0.25, -0.2) is 4.79 Å². The summed E-state index contributed by atoms with van der Waals surface area (Å²) in [5, 5.41) is 6.82. The highest BCUT2D eigenvalue weighted by atomic mass is 32.1. The molecule has 1 N–H and O–H groups in total. The minimum Gasteiger partial charge on any atom is -0.464 e. The van der Waals surface area contributed by atoms with Gasteiger partial charge in [-0.1, -0.05) is 6.92 Å². The first-order valence-corrected chi connectivity index (χ1v) is 5.85. The highest BCUT2D eigenvalue weighted by molar-refractivity contribution is 7.71. The van der Waals surface area contributed by atoms with Crippen molar-refractivity contribution in [3.63, 3.8) is 0 Å². The number of hydrogen-bond acceptors (Lipinski definition) is 4.